The van der Waals surface area contributed by atoms with Gasteiger partial charge in [-0.2, -0.15) is 0 Å². The number of aliphatic hydroxyl groups excluding tert-OH is 1. The van der Waals surface area contributed by atoms with Crippen LogP contribution in [-0.2, 0) is 0 Å². The molecule has 3 nitrogen and oxygen atoms in total. The number of hydrogen-bond acceptors (Lipinski definition) is 3. The molecule has 0 radical (unpaired) electrons. The quantitative estimate of drug-likeness (QED) is 0.677. The van der Waals surface area contributed by atoms with Gasteiger partial charge in [-0.1, -0.05) is 42.9 Å². The highest BCUT2D eigenvalue weighted by Gasteiger charge is 2.11. The van der Waals surface area contributed by atoms with Crippen molar-refractivity contribution in [3.63, 3.8) is 0 Å². The van der Waals surface area contributed by atoms with Gasteiger partial charge in [-0.15, -0.1) is 0 Å². The van der Waals surface area contributed by atoms with Crippen LogP contribution in [0.4, 0.5) is 0 Å². The third-order valence-corrected chi connectivity index (χ3v) is 3.41. The number of rotatable bonds is 7. The largest absolute Gasteiger partial charge is 0.390 e. The van der Waals surface area contributed by atoms with E-state index in [0.29, 0.717) is 5.70 Å². The second-order valence-corrected chi connectivity index (χ2v) is 4.87. The van der Waals surface area contributed by atoms with Crippen LogP contribution in [-0.4, -0.2) is 17.2 Å². The summed E-state index contributed by atoms with van der Waals surface area (Å²) in [6, 6.07) is 6.08. The molecule has 1 aromatic rings. The molecule has 5 heteroatoms. The van der Waals surface area contributed by atoms with E-state index in [0.717, 1.165) is 22.6 Å². The summed E-state index contributed by atoms with van der Waals surface area (Å²) in [7, 11) is 0. The molecule has 104 valence electrons. The lowest BCUT2D eigenvalue weighted by atomic mass is 10.0. The van der Waals surface area contributed by atoms with Crippen LogP contribution in [0.1, 0.15) is 30.5 Å². The van der Waals surface area contributed by atoms with Gasteiger partial charge in [0.2, 0.25) is 0 Å². The van der Waals surface area contributed by atoms with E-state index in [1.165, 1.54) is 5.49 Å². The van der Waals surface area contributed by atoms with Crippen LogP contribution in [0.3, 0.4) is 0 Å². The van der Waals surface area contributed by atoms with E-state index in [-0.39, 0.29) is 12.6 Å². The van der Waals surface area contributed by atoms with Gasteiger partial charge in [0.25, 0.3) is 0 Å². The lowest BCUT2D eigenvalue weighted by molar-refractivity contribution is 0.315. The Morgan fingerprint density at radius 3 is 2.79 bits per heavy atom. The minimum Gasteiger partial charge on any atom is -0.390 e. The number of benzene rings is 1. The summed E-state index contributed by atoms with van der Waals surface area (Å²) in [6.45, 7) is 4.00. The van der Waals surface area contributed by atoms with Crippen LogP contribution >= 0.6 is 23.8 Å². The molecule has 0 aliphatic heterocycles. The summed E-state index contributed by atoms with van der Waals surface area (Å²) >= 11 is 10.7. The number of aryl methyl sites for hydroxylation is 1. The first-order valence-electron chi connectivity index (χ1n) is 6.14. The van der Waals surface area contributed by atoms with Crippen molar-refractivity contribution >= 4 is 29.3 Å². The predicted octanol–water partition coefficient (Wildman–Crippen LogP) is 3.07. The molecule has 0 spiro atoms. The molecule has 1 atom stereocenters. The molecule has 0 aliphatic carbocycles. The minimum absolute atomic E-state index is 0.0702. The zero-order valence-electron chi connectivity index (χ0n) is 11.1. The highest BCUT2D eigenvalue weighted by atomic mass is 35.5. The van der Waals surface area contributed by atoms with Gasteiger partial charge >= 0.3 is 0 Å². The van der Waals surface area contributed by atoms with E-state index in [2.05, 4.69) is 35.8 Å². The Morgan fingerprint density at radius 1 is 1.53 bits per heavy atom. The molecule has 0 bridgehead atoms. The molecular formula is C14H19ClN2OS. The molecule has 1 unspecified atom stereocenters. The number of hydrogen-bond donors (Lipinski definition) is 3. The van der Waals surface area contributed by atoms with Crippen molar-refractivity contribution in [1.82, 2.24) is 10.6 Å². The Hall–Kier alpha value is -1.10. The summed E-state index contributed by atoms with van der Waals surface area (Å²) in [4.78, 5) is 0. The predicted molar refractivity (Wildman–Crippen MR) is 84.3 cm³/mol. The normalized spacial score (nSPS) is 12.9. The van der Waals surface area contributed by atoms with Crippen LogP contribution in [0.15, 0.2) is 30.1 Å². The first kappa shape index (κ1) is 16.0. The Labute approximate surface area is 124 Å². The SMILES string of the molecule is CCC(N/C(=C\NC=S)CO)c1ccc(Cl)c(C)c1. The standard InChI is InChI=1S/C14H19ClN2OS/c1-3-14(17-12(8-18)7-16-9-19)11-4-5-13(15)10(2)6-11/h4-7,9,14,17-18H,3,8H2,1-2H3,(H,16,19)/b12-7-. The lowest BCUT2D eigenvalue weighted by Crippen LogP contribution is -2.24. The molecule has 19 heavy (non-hydrogen) atoms. The third-order valence-electron chi connectivity index (χ3n) is 2.85. The van der Waals surface area contributed by atoms with Gasteiger partial charge < -0.3 is 15.7 Å². The van der Waals surface area contributed by atoms with E-state index >= 15 is 0 Å². The van der Waals surface area contributed by atoms with E-state index in [1.54, 1.807) is 6.20 Å². The molecule has 0 fully saturated rings. The van der Waals surface area contributed by atoms with E-state index in [4.69, 9.17) is 11.6 Å². The van der Waals surface area contributed by atoms with Gasteiger partial charge in [0.15, 0.2) is 0 Å². The van der Waals surface area contributed by atoms with E-state index in [1.807, 2.05) is 19.1 Å². The highest BCUT2D eigenvalue weighted by Crippen LogP contribution is 2.23. The average Bonchev–Trinajstić information content (AvgIpc) is 2.42. The Bertz CT molecular complexity index is 463. The molecule has 1 rings (SSSR count). The lowest BCUT2D eigenvalue weighted by Gasteiger charge is -2.20. The molecule has 0 aromatic heterocycles. The van der Waals surface area contributed by atoms with Gasteiger partial charge in [0.05, 0.1) is 23.8 Å². The first-order valence-corrected chi connectivity index (χ1v) is 6.99. The Balaban J connectivity index is 2.87. The number of nitrogens with one attached hydrogen (secondary N) is 2. The summed E-state index contributed by atoms with van der Waals surface area (Å²) in [6.07, 6.45) is 2.56. The van der Waals surface area contributed by atoms with Crippen LogP contribution in [0, 0.1) is 6.92 Å². The molecule has 0 aliphatic rings. The van der Waals surface area contributed by atoms with Crippen LogP contribution in [0.5, 0.6) is 0 Å². The monoisotopic (exact) mass is 298 g/mol. The molecule has 0 saturated carbocycles. The maximum Gasteiger partial charge on any atom is 0.0842 e. The van der Waals surface area contributed by atoms with Crippen molar-refractivity contribution in [3.05, 3.63) is 46.2 Å². The summed E-state index contributed by atoms with van der Waals surface area (Å²) in [5.41, 5.74) is 4.28. The van der Waals surface area contributed by atoms with Gasteiger partial charge in [0.1, 0.15) is 0 Å². The molecule has 0 amide bonds. The summed E-state index contributed by atoms with van der Waals surface area (Å²) < 4.78 is 0. The fourth-order valence-corrected chi connectivity index (χ4v) is 1.98. The van der Waals surface area contributed by atoms with Crippen molar-refractivity contribution in [2.75, 3.05) is 6.61 Å². The second kappa shape index (κ2) is 8.15. The summed E-state index contributed by atoms with van der Waals surface area (Å²) in [5.74, 6) is 0. The van der Waals surface area contributed by atoms with Gasteiger partial charge in [-0.3, -0.25) is 0 Å². The Kier molecular flexibility index (Phi) is 6.84. The number of thiocarbonyl (C=S) groups is 1. The minimum atomic E-state index is -0.0702. The first-order chi connectivity index (χ1) is 9.12. The number of halogens is 1. The van der Waals surface area contributed by atoms with Crippen molar-refractivity contribution in [1.29, 1.82) is 0 Å². The highest BCUT2D eigenvalue weighted by molar-refractivity contribution is 7.78. The zero-order valence-corrected chi connectivity index (χ0v) is 12.7. The average molecular weight is 299 g/mol. The molecule has 0 saturated heterocycles. The topological polar surface area (TPSA) is 44.3 Å². The Morgan fingerprint density at radius 2 is 2.26 bits per heavy atom. The van der Waals surface area contributed by atoms with Crippen molar-refractivity contribution in [3.8, 4) is 0 Å². The second-order valence-electron chi connectivity index (χ2n) is 4.23. The zero-order chi connectivity index (χ0) is 14.3. The van der Waals surface area contributed by atoms with E-state index in [9.17, 15) is 5.11 Å². The molecule has 3 N–H and O–H groups in total. The van der Waals surface area contributed by atoms with Gasteiger partial charge in [-0.05, 0) is 30.5 Å². The van der Waals surface area contributed by atoms with Crippen molar-refractivity contribution in [2.45, 2.75) is 26.3 Å². The molecule has 0 heterocycles. The maximum absolute atomic E-state index is 9.30. The molecule has 1 aromatic carbocycles. The van der Waals surface area contributed by atoms with Crippen molar-refractivity contribution < 1.29 is 5.11 Å². The van der Waals surface area contributed by atoms with Crippen LogP contribution in [0.25, 0.3) is 0 Å². The smallest absolute Gasteiger partial charge is 0.0842 e. The van der Waals surface area contributed by atoms with Crippen LogP contribution in [0.2, 0.25) is 5.02 Å². The van der Waals surface area contributed by atoms with Crippen LogP contribution < -0.4 is 10.6 Å². The van der Waals surface area contributed by atoms with Gasteiger partial charge in [-0.25, -0.2) is 0 Å². The van der Waals surface area contributed by atoms with E-state index < -0.39 is 0 Å². The summed E-state index contributed by atoms with van der Waals surface area (Å²) in [5, 5.41) is 16.1. The third kappa shape index (κ3) is 4.82. The fraction of sp³-hybridized carbons (Fsp3) is 0.357. The molecular weight excluding hydrogens is 280 g/mol. The van der Waals surface area contributed by atoms with Gasteiger partial charge in [0, 0.05) is 11.2 Å². The fourth-order valence-electron chi connectivity index (χ4n) is 1.80. The number of aliphatic hydroxyl groups is 1. The van der Waals surface area contributed by atoms with Crippen molar-refractivity contribution in [2.24, 2.45) is 0 Å². The maximum atomic E-state index is 9.30.